The lowest BCUT2D eigenvalue weighted by molar-refractivity contribution is 0.0593. The minimum atomic E-state index is -0.662. The van der Waals surface area contributed by atoms with E-state index in [1.54, 1.807) is 12.1 Å². The second-order valence-corrected chi connectivity index (χ2v) is 5.68. The van der Waals surface area contributed by atoms with Gasteiger partial charge in [-0.1, -0.05) is 0 Å². The summed E-state index contributed by atoms with van der Waals surface area (Å²) in [6, 6.07) is 10.9. The average molecular weight is 371 g/mol. The lowest BCUT2D eigenvalue weighted by atomic mass is 10.1. The van der Waals surface area contributed by atoms with Crippen molar-refractivity contribution < 1.29 is 28.6 Å². The van der Waals surface area contributed by atoms with Crippen molar-refractivity contribution in [2.75, 3.05) is 32.7 Å². The first-order valence-electron chi connectivity index (χ1n) is 8.24. The monoisotopic (exact) mass is 371 g/mol. The molecule has 0 atom stereocenters. The van der Waals surface area contributed by atoms with Crippen molar-refractivity contribution in [3.63, 3.8) is 0 Å². The normalized spacial score (nSPS) is 10.1. The lowest BCUT2D eigenvalue weighted by Crippen LogP contribution is -2.16. The molecular weight excluding hydrogens is 350 g/mol. The molecule has 0 heterocycles. The van der Waals surface area contributed by atoms with Crippen molar-refractivity contribution in [2.24, 2.45) is 0 Å². The molecule has 0 bridgehead atoms. The van der Waals surface area contributed by atoms with Crippen LogP contribution in [0.5, 0.6) is 5.75 Å². The summed E-state index contributed by atoms with van der Waals surface area (Å²) in [5, 5.41) is 0. The van der Waals surface area contributed by atoms with Crippen molar-refractivity contribution in [1.29, 1.82) is 0 Å². The number of nitrogens with zero attached hydrogens (tertiary/aromatic N) is 1. The second-order valence-electron chi connectivity index (χ2n) is 5.68. The Morgan fingerprint density at radius 2 is 1.33 bits per heavy atom. The van der Waals surface area contributed by atoms with Gasteiger partial charge in [0.1, 0.15) is 5.75 Å². The molecule has 2 aromatic carbocycles. The third-order valence-corrected chi connectivity index (χ3v) is 3.98. The van der Waals surface area contributed by atoms with E-state index in [1.807, 2.05) is 31.0 Å². The van der Waals surface area contributed by atoms with Gasteiger partial charge < -0.3 is 19.1 Å². The predicted molar refractivity (Wildman–Crippen MR) is 99.5 cm³/mol. The van der Waals surface area contributed by atoms with Crippen LogP contribution in [0.3, 0.4) is 0 Å². The van der Waals surface area contributed by atoms with Crippen LogP contribution in [0, 0.1) is 0 Å². The molecule has 7 nitrogen and oxygen atoms in total. The molecule has 27 heavy (non-hydrogen) atoms. The highest BCUT2D eigenvalue weighted by Gasteiger charge is 2.17. The molecule has 2 aromatic rings. The maximum Gasteiger partial charge on any atom is 0.343 e. The van der Waals surface area contributed by atoms with Gasteiger partial charge in [-0.3, -0.25) is 0 Å². The Balaban J connectivity index is 2.28. The average Bonchev–Trinajstić information content (AvgIpc) is 2.71. The first kappa shape index (κ1) is 20.0. The van der Waals surface area contributed by atoms with Crippen LogP contribution in [0.4, 0.5) is 5.69 Å². The molecule has 0 amide bonds. The molecule has 2 rings (SSSR count). The summed E-state index contributed by atoms with van der Waals surface area (Å²) < 4.78 is 14.6. The van der Waals surface area contributed by atoms with Crippen molar-refractivity contribution >= 4 is 23.6 Å². The Morgan fingerprint density at radius 3 is 1.78 bits per heavy atom. The molecule has 142 valence electrons. The molecular formula is C20H21NO6. The van der Waals surface area contributed by atoms with Gasteiger partial charge in [0.25, 0.3) is 0 Å². The molecule has 0 aliphatic heterocycles. The fraction of sp³-hybridized carbons (Fsp3) is 0.250. The summed E-state index contributed by atoms with van der Waals surface area (Å²) >= 11 is 0. The van der Waals surface area contributed by atoms with Crippen LogP contribution in [0.15, 0.2) is 42.5 Å². The van der Waals surface area contributed by atoms with E-state index < -0.39 is 17.9 Å². The standard InChI is InChI=1S/C20H21NO6/c1-5-21(2)16-8-6-13(7-9-16)20(24)27-17-11-14(18(22)25-3)10-15(12-17)19(23)26-4/h6-12H,5H2,1-4H3. The Kier molecular flexibility index (Phi) is 6.54. The molecule has 0 aromatic heterocycles. The number of ether oxygens (including phenoxy) is 3. The smallest absolute Gasteiger partial charge is 0.343 e. The van der Waals surface area contributed by atoms with Gasteiger partial charge in [-0.05, 0) is 49.4 Å². The number of carbonyl (C=O) groups is 3. The molecule has 0 N–H and O–H groups in total. The molecule has 0 aliphatic carbocycles. The summed E-state index contributed by atoms with van der Waals surface area (Å²) in [5.74, 6) is -1.90. The third-order valence-electron chi connectivity index (χ3n) is 3.98. The minimum Gasteiger partial charge on any atom is -0.465 e. The highest BCUT2D eigenvalue weighted by molar-refractivity contribution is 5.97. The topological polar surface area (TPSA) is 82.1 Å². The number of rotatable bonds is 6. The summed E-state index contributed by atoms with van der Waals surface area (Å²) in [6.45, 7) is 2.86. The van der Waals surface area contributed by atoms with Gasteiger partial charge >= 0.3 is 17.9 Å². The minimum absolute atomic E-state index is 0.0399. The number of hydrogen-bond donors (Lipinski definition) is 0. The van der Waals surface area contributed by atoms with Crippen LogP contribution in [-0.4, -0.2) is 45.7 Å². The molecule has 0 saturated heterocycles. The zero-order valence-corrected chi connectivity index (χ0v) is 15.6. The van der Waals surface area contributed by atoms with E-state index in [-0.39, 0.29) is 16.9 Å². The SMILES string of the molecule is CCN(C)c1ccc(C(=O)Oc2cc(C(=O)OC)cc(C(=O)OC)c2)cc1. The zero-order chi connectivity index (χ0) is 20.0. The first-order valence-corrected chi connectivity index (χ1v) is 8.24. The van der Waals surface area contributed by atoms with E-state index in [1.165, 1.54) is 32.4 Å². The van der Waals surface area contributed by atoms with Gasteiger partial charge in [-0.15, -0.1) is 0 Å². The fourth-order valence-electron chi connectivity index (χ4n) is 2.33. The van der Waals surface area contributed by atoms with Crippen LogP contribution >= 0.6 is 0 Å². The maximum atomic E-state index is 12.4. The molecule has 0 aliphatic rings. The van der Waals surface area contributed by atoms with Gasteiger partial charge in [0.05, 0.1) is 30.9 Å². The number of carbonyl (C=O) groups excluding carboxylic acids is 3. The fourth-order valence-corrected chi connectivity index (χ4v) is 2.33. The Bertz CT molecular complexity index is 810. The van der Waals surface area contributed by atoms with Crippen molar-refractivity contribution in [2.45, 2.75) is 6.92 Å². The van der Waals surface area contributed by atoms with E-state index in [0.29, 0.717) is 5.56 Å². The van der Waals surface area contributed by atoms with E-state index in [0.717, 1.165) is 12.2 Å². The molecule has 0 fully saturated rings. The van der Waals surface area contributed by atoms with E-state index >= 15 is 0 Å². The molecule has 7 heteroatoms. The Morgan fingerprint density at radius 1 is 0.815 bits per heavy atom. The van der Waals surface area contributed by atoms with Crippen molar-refractivity contribution in [3.8, 4) is 5.75 Å². The van der Waals surface area contributed by atoms with Crippen LogP contribution in [0.25, 0.3) is 0 Å². The Hall–Kier alpha value is -3.35. The zero-order valence-electron chi connectivity index (χ0n) is 15.6. The summed E-state index contributed by atoms with van der Waals surface area (Å²) in [4.78, 5) is 38.0. The number of hydrogen-bond acceptors (Lipinski definition) is 7. The largest absolute Gasteiger partial charge is 0.465 e. The van der Waals surface area contributed by atoms with Gasteiger partial charge in [0.15, 0.2) is 0 Å². The van der Waals surface area contributed by atoms with Gasteiger partial charge in [0.2, 0.25) is 0 Å². The quantitative estimate of drug-likeness (QED) is 0.570. The van der Waals surface area contributed by atoms with Gasteiger partial charge in [-0.2, -0.15) is 0 Å². The highest BCUT2D eigenvalue weighted by atomic mass is 16.5. The van der Waals surface area contributed by atoms with Crippen LogP contribution in [0.2, 0.25) is 0 Å². The van der Waals surface area contributed by atoms with Gasteiger partial charge in [0, 0.05) is 19.3 Å². The Labute approximate surface area is 157 Å². The number of anilines is 1. The first-order chi connectivity index (χ1) is 12.9. The molecule has 0 saturated carbocycles. The van der Waals surface area contributed by atoms with Crippen molar-refractivity contribution in [1.82, 2.24) is 0 Å². The summed E-state index contributed by atoms with van der Waals surface area (Å²) in [6.07, 6.45) is 0. The van der Waals surface area contributed by atoms with E-state index in [2.05, 4.69) is 9.47 Å². The van der Waals surface area contributed by atoms with Crippen LogP contribution < -0.4 is 9.64 Å². The third kappa shape index (κ3) is 4.84. The van der Waals surface area contributed by atoms with Gasteiger partial charge in [-0.25, -0.2) is 14.4 Å². The highest BCUT2D eigenvalue weighted by Crippen LogP contribution is 2.21. The van der Waals surface area contributed by atoms with E-state index in [4.69, 9.17) is 4.74 Å². The second kappa shape index (κ2) is 8.84. The van der Waals surface area contributed by atoms with Crippen LogP contribution in [-0.2, 0) is 9.47 Å². The van der Waals surface area contributed by atoms with Crippen LogP contribution in [0.1, 0.15) is 38.0 Å². The lowest BCUT2D eigenvalue weighted by Gasteiger charge is -2.16. The molecule has 0 spiro atoms. The maximum absolute atomic E-state index is 12.4. The summed E-state index contributed by atoms with van der Waals surface area (Å²) in [7, 11) is 4.38. The molecule has 0 radical (unpaired) electrons. The predicted octanol–water partition coefficient (Wildman–Crippen LogP) is 2.94. The van der Waals surface area contributed by atoms with Crippen molar-refractivity contribution in [3.05, 3.63) is 59.2 Å². The number of benzene rings is 2. The number of methoxy groups -OCH3 is 2. The molecule has 0 unspecified atom stereocenters. The summed E-state index contributed by atoms with van der Waals surface area (Å²) in [5.41, 5.74) is 1.45. The van der Waals surface area contributed by atoms with E-state index in [9.17, 15) is 14.4 Å². The number of esters is 3.